The second-order valence-corrected chi connectivity index (χ2v) is 5.90. The van der Waals surface area contributed by atoms with Gasteiger partial charge in [-0.1, -0.05) is 30.8 Å². The van der Waals surface area contributed by atoms with Crippen molar-refractivity contribution in [1.82, 2.24) is 4.90 Å². The third-order valence-corrected chi connectivity index (χ3v) is 4.03. The van der Waals surface area contributed by atoms with Crippen molar-refractivity contribution in [2.24, 2.45) is 0 Å². The van der Waals surface area contributed by atoms with Gasteiger partial charge in [-0.25, -0.2) is 0 Å². The number of rotatable bonds is 6. The number of carbonyl (C=O) groups excluding carboxylic acids is 3. The number of nitrogens with zero attached hydrogens (tertiary/aromatic N) is 2. The fraction of sp³-hybridized carbons (Fsp3) is 0.105. The van der Waals surface area contributed by atoms with E-state index in [0.717, 1.165) is 0 Å². The van der Waals surface area contributed by atoms with Crippen molar-refractivity contribution in [3.05, 3.63) is 76.4 Å². The van der Waals surface area contributed by atoms with Gasteiger partial charge in [0, 0.05) is 34.6 Å². The van der Waals surface area contributed by atoms with E-state index in [9.17, 15) is 24.5 Å². The van der Waals surface area contributed by atoms with Gasteiger partial charge in [0.15, 0.2) is 6.61 Å². The zero-order chi connectivity index (χ0) is 20.3. The minimum absolute atomic E-state index is 0.180. The predicted molar refractivity (Wildman–Crippen MR) is 99.2 cm³/mol. The molecule has 2 aromatic carbocycles. The standard InChI is InChI=1S/C19H15N3O6/c1-12-15-7-2-3-8-16(15)19(25)21(12)10-18(24)28-11-17(23)20-13-5-4-6-14(9-13)22(26)27/h2-9H,1,10-11H2,(H,20,23). The highest BCUT2D eigenvalue weighted by atomic mass is 16.6. The van der Waals surface area contributed by atoms with Crippen molar-refractivity contribution in [3.63, 3.8) is 0 Å². The maximum Gasteiger partial charge on any atom is 0.326 e. The van der Waals surface area contributed by atoms with Gasteiger partial charge in [-0.05, 0) is 12.1 Å². The van der Waals surface area contributed by atoms with Crippen LogP contribution in [0.3, 0.4) is 0 Å². The molecule has 0 aliphatic carbocycles. The highest BCUT2D eigenvalue weighted by Crippen LogP contribution is 2.30. The fourth-order valence-corrected chi connectivity index (χ4v) is 2.72. The Bertz CT molecular complexity index is 966. The largest absolute Gasteiger partial charge is 0.454 e. The van der Waals surface area contributed by atoms with E-state index in [1.54, 1.807) is 24.3 Å². The van der Waals surface area contributed by atoms with Gasteiger partial charge in [-0.15, -0.1) is 0 Å². The van der Waals surface area contributed by atoms with Crippen LogP contribution in [0.1, 0.15) is 15.9 Å². The first-order chi connectivity index (χ1) is 13.4. The number of fused-ring (bicyclic) bond motifs is 1. The molecule has 3 rings (SSSR count). The second kappa shape index (κ2) is 7.70. The summed E-state index contributed by atoms with van der Waals surface area (Å²) in [5, 5.41) is 13.1. The Balaban J connectivity index is 1.53. The molecule has 1 N–H and O–H groups in total. The number of carbonyl (C=O) groups is 3. The summed E-state index contributed by atoms with van der Waals surface area (Å²) in [4.78, 5) is 47.6. The first-order valence-electron chi connectivity index (χ1n) is 8.17. The molecular weight excluding hydrogens is 366 g/mol. The number of nitrogens with one attached hydrogen (secondary N) is 1. The molecule has 2 aromatic rings. The third kappa shape index (κ3) is 3.88. The van der Waals surface area contributed by atoms with Crippen LogP contribution in [0.4, 0.5) is 11.4 Å². The number of hydrogen-bond donors (Lipinski definition) is 1. The molecule has 2 amide bonds. The van der Waals surface area contributed by atoms with Crippen molar-refractivity contribution in [2.75, 3.05) is 18.5 Å². The molecule has 0 unspecified atom stereocenters. The lowest BCUT2D eigenvalue weighted by molar-refractivity contribution is -0.384. The molecule has 0 atom stereocenters. The zero-order valence-electron chi connectivity index (χ0n) is 14.6. The lowest BCUT2D eigenvalue weighted by Gasteiger charge is -2.16. The molecule has 1 aliphatic heterocycles. The Hall–Kier alpha value is -4.01. The number of non-ortho nitro benzene ring substituents is 1. The molecule has 1 aliphatic rings. The van der Waals surface area contributed by atoms with Crippen LogP contribution in [-0.4, -0.2) is 40.8 Å². The van der Waals surface area contributed by atoms with Crippen molar-refractivity contribution in [1.29, 1.82) is 0 Å². The van der Waals surface area contributed by atoms with E-state index in [-0.39, 0.29) is 23.8 Å². The minimum atomic E-state index is -0.781. The van der Waals surface area contributed by atoms with Gasteiger partial charge in [0.1, 0.15) is 6.54 Å². The van der Waals surface area contributed by atoms with Gasteiger partial charge in [0.05, 0.1) is 4.92 Å². The summed E-state index contributed by atoms with van der Waals surface area (Å²) < 4.78 is 4.89. The Morgan fingerprint density at radius 1 is 1.14 bits per heavy atom. The highest BCUT2D eigenvalue weighted by molar-refractivity contribution is 6.10. The Morgan fingerprint density at radius 2 is 1.86 bits per heavy atom. The van der Waals surface area contributed by atoms with E-state index in [1.807, 2.05) is 0 Å². The highest BCUT2D eigenvalue weighted by Gasteiger charge is 2.32. The maximum atomic E-state index is 12.3. The molecule has 0 bridgehead atoms. The van der Waals surface area contributed by atoms with Crippen molar-refractivity contribution in [3.8, 4) is 0 Å². The molecule has 28 heavy (non-hydrogen) atoms. The molecule has 142 valence electrons. The van der Waals surface area contributed by atoms with Crippen LogP contribution in [0.15, 0.2) is 55.1 Å². The minimum Gasteiger partial charge on any atom is -0.454 e. The number of amides is 2. The van der Waals surface area contributed by atoms with Crippen LogP contribution >= 0.6 is 0 Å². The van der Waals surface area contributed by atoms with Crippen LogP contribution in [0.2, 0.25) is 0 Å². The lowest BCUT2D eigenvalue weighted by Crippen LogP contribution is -2.32. The Kier molecular flexibility index (Phi) is 5.16. The van der Waals surface area contributed by atoms with Gasteiger partial charge >= 0.3 is 5.97 Å². The monoisotopic (exact) mass is 381 g/mol. The van der Waals surface area contributed by atoms with Crippen LogP contribution in [0.25, 0.3) is 5.70 Å². The Morgan fingerprint density at radius 3 is 2.54 bits per heavy atom. The summed E-state index contributed by atoms with van der Waals surface area (Å²) >= 11 is 0. The second-order valence-electron chi connectivity index (χ2n) is 5.90. The van der Waals surface area contributed by atoms with Gasteiger partial charge in [-0.2, -0.15) is 0 Å². The first kappa shape index (κ1) is 18.8. The molecule has 0 fully saturated rings. The van der Waals surface area contributed by atoms with Crippen LogP contribution in [-0.2, 0) is 14.3 Å². The van der Waals surface area contributed by atoms with E-state index in [1.165, 1.54) is 29.2 Å². The lowest BCUT2D eigenvalue weighted by atomic mass is 10.1. The topological polar surface area (TPSA) is 119 Å². The van der Waals surface area contributed by atoms with Gasteiger partial charge in [0.2, 0.25) is 0 Å². The van der Waals surface area contributed by atoms with Crippen LogP contribution in [0, 0.1) is 10.1 Å². The SMILES string of the molecule is C=C1c2ccccc2C(=O)N1CC(=O)OCC(=O)Nc1cccc([N+](=O)[O-])c1. The van der Waals surface area contributed by atoms with Gasteiger partial charge in [0.25, 0.3) is 17.5 Å². The number of ether oxygens (including phenoxy) is 1. The van der Waals surface area contributed by atoms with Crippen LogP contribution in [0.5, 0.6) is 0 Å². The van der Waals surface area contributed by atoms with Crippen molar-refractivity contribution >= 4 is 34.9 Å². The summed E-state index contributed by atoms with van der Waals surface area (Å²) in [5.41, 5.74) is 1.50. The normalized spacial score (nSPS) is 12.5. The molecule has 0 spiro atoms. The zero-order valence-corrected chi connectivity index (χ0v) is 14.6. The summed E-state index contributed by atoms with van der Waals surface area (Å²) in [5.74, 6) is -1.81. The number of esters is 1. The Labute approximate surface area is 159 Å². The number of benzene rings is 2. The van der Waals surface area contributed by atoms with E-state index < -0.39 is 23.4 Å². The summed E-state index contributed by atoms with van der Waals surface area (Å²) in [6.45, 7) is 2.84. The molecule has 0 saturated carbocycles. The molecule has 0 aromatic heterocycles. The fourth-order valence-electron chi connectivity index (χ4n) is 2.72. The number of nitro groups is 1. The van der Waals surface area contributed by atoms with E-state index >= 15 is 0 Å². The smallest absolute Gasteiger partial charge is 0.326 e. The summed E-state index contributed by atoms with van der Waals surface area (Å²) in [6, 6.07) is 12.2. The molecular formula is C19H15N3O6. The van der Waals surface area contributed by atoms with Gasteiger partial charge in [-0.3, -0.25) is 29.4 Å². The number of nitro benzene ring substituents is 1. The molecule has 0 radical (unpaired) electrons. The summed E-state index contributed by atoms with van der Waals surface area (Å²) in [6.07, 6.45) is 0. The molecule has 9 heteroatoms. The number of hydrogen-bond acceptors (Lipinski definition) is 6. The average molecular weight is 381 g/mol. The van der Waals surface area contributed by atoms with Crippen molar-refractivity contribution in [2.45, 2.75) is 0 Å². The van der Waals surface area contributed by atoms with E-state index in [2.05, 4.69) is 11.9 Å². The van der Waals surface area contributed by atoms with Crippen LogP contribution < -0.4 is 5.32 Å². The third-order valence-electron chi connectivity index (χ3n) is 4.03. The van der Waals surface area contributed by atoms with Crippen molar-refractivity contribution < 1.29 is 24.0 Å². The maximum absolute atomic E-state index is 12.3. The average Bonchev–Trinajstić information content (AvgIpc) is 2.92. The first-order valence-corrected chi connectivity index (χ1v) is 8.17. The van der Waals surface area contributed by atoms with Gasteiger partial charge < -0.3 is 10.1 Å². The molecule has 1 heterocycles. The number of anilines is 1. The molecule has 0 saturated heterocycles. The van der Waals surface area contributed by atoms with E-state index in [0.29, 0.717) is 16.8 Å². The van der Waals surface area contributed by atoms with E-state index in [4.69, 9.17) is 4.74 Å². The summed E-state index contributed by atoms with van der Waals surface area (Å²) in [7, 11) is 0. The molecule has 9 nitrogen and oxygen atoms in total. The quantitative estimate of drug-likeness (QED) is 0.465. The predicted octanol–water partition coefficient (Wildman–Crippen LogP) is 2.20.